The van der Waals surface area contributed by atoms with Gasteiger partial charge in [-0.25, -0.2) is 15.0 Å². The monoisotopic (exact) mass is 671 g/mol. The minimum atomic E-state index is -4.49. The van der Waals surface area contributed by atoms with Crippen molar-refractivity contribution < 1.29 is 12.6 Å². The van der Waals surface area contributed by atoms with Crippen LogP contribution in [0.4, 0.5) is 17.5 Å². The van der Waals surface area contributed by atoms with Crippen molar-refractivity contribution in [2.75, 3.05) is 0 Å². The van der Waals surface area contributed by atoms with E-state index in [1.165, 1.54) is 0 Å². The van der Waals surface area contributed by atoms with Crippen LogP contribution in [-0.4, -0.2) is 28.4 Å². The standard InChI is InChI=1S/C39H25N7O3S/c47-50(48,49-22-12-2-1-3-13-22)33-31-23-14-4-6-16-25(23)34(40-31)42-36-27-18-8-10-20-29(27)38(44-36)46-39-30-21-11-9-19-28(30)37(45-39)43-35-26-17-7-5-15-24(26)32(33)41-35/h1-21H,(H4,40,41,42,43,44,45,46). The summed E-state index contributed by atoms with van der Waals surface area (Å²) in [6, 6.07) is 39.4. The molecule has 4 N–H and O–H groups in total. The Morgan fingerprint density at radius 2 is 0.840 bits per heavy atom. The Morgan fingerprint density at radius 3 is 1.42 bits per heavy atom. The summed E-state index contributed by atoms with van der Waals surface area (Å²) in [6.07, 6.45) is 0. The zero-order chi connectivity index (χ0) is 33.4. The molecule has 9 aromatic rings. The summed E-state index contributed by atoms with van der Waals surface area (Å²) in [5.41, 5.74) is 2.00. The molecule has 10 nitrogen and oxygen atoms in total. The largest absolute Gasteiger partial charge is 0.379 e. The predicted molar refractivity (Wildman–Crippen MR) is 194 cm³/mol. The number of nitrogens with one attached hydrogen (secondary N) is 4. The molecule has 5 heterocycles. The topological polar surface area (TPSA) is 144 Å². The molecule has 8 bridgehead atoms. The molecule has 240 valence electrons. The van der Waals surface area contributed by atoms with E-state index in [2.05, 4.69) is 19.9 Å². The molecule has 0 amide bonds. The number of aromatic amines is 4. The summed E-state index contributed by atoms with van der Waals surface area (Å²) in [6.45, 7) is 0. The van der Waals surface area contributed by atoms with Gasteiger partial charge in [0, 0.05) is 43.1 Å². The molecule has 0 aliphatic carbocycles. The Labute approximate surface area is 283 Å². The first-order chi connectivity index (χ1) is 24.5. The van der Waals surface area contributed by atoms with Crippen molar-refractivity contribution in [2.24, 2.45) is 15.0 Å². The summed E-state index contributed by atoms with van der Waals surface area (Å²) in [5.74, 6) is 1.86. The number of H-pyrrole nitrogens is 4. The average molecular weight is 672 g/mol. The van der Waals surface area contributed by atoms with E-state index in [0.29, 0.717) is 55.7 Å². The Bertz CT molecular complexity index is 3210. The van der Waals surface area contributed by atoms with Crippen LogP contribution in [0.5, 0.6) is 5.75 Å². The van der Waals surface area contributed by atoms with Gasteiger partial charge >= 0.3 is 10.1 Å². The van der Waals surface area contributed by atoms with Crippen molar-refractivity contribution in [2.45, 2.75) is 0 Å². The van der Waals surface area contributed by atoms with Crippen LogP contribution in [0.2, 0.25) is 0 Å². The molecule has 0 atom stereocenters. The number of aromatic nitrogens is 4. The molecule has 0 spiro atoms. The van der Waals surface area contributed by atoms with E-state index in [0.717, 1.165) is 32.3 Å². The Kier molecular flexibility index (Phi) is 6.02. The van der Waals surface area contributed by atoms with Crippen LogP contribution in [0.1, 0.15) is 5.69 Å². The first-order valence-electron chi connectivity index (χ1n) is 16.0. The molecule has 50 heavy (non-hydrogen) atoms. The Morgan fingerprint density at radius 1 is 0.420 bits per heavy atom. The minimum Gasteiger partial charge on any atom is -0.379 e. The maximum Gasteiger partial charge on any atom is 0.343 e. The molecule has 10 rings (SSSR count). The lowest BCUT2D eigenvalue weighted by Gasteiger charge is -2.10. The molecule has 0 fully saturated rings. The van der Waals surface area contributed by atoms with Crippen molar-refractivity contribution in [3.8, 4) is 5.75 Å². The summed E-state index contributed by atoms with van der Waals surface area (Å²) in [7, 11) is -4.49. The molecule has 0 unspecified atom stereocenters. The lowest BCUT2D eigenvalue weighted by atomic mass is 10.1. The van der Waals surface area contributed by atoms with E-state index in [1.807, 2.05) is 97.1 Å². The van der Waals surface area contributed by atoms with Crippen LogP contribution in [-0.2, 0) is 10.1 Å². The highest BCUT2D eigenvalue weighted by atomic mass is 32.2. The molecule has 0 saturated carbocycles. The third-order valence-corrected chi connectivity index (χ3v) is 10.4. The molecule has 1 aliphatic heterocycles. The second kappa shape index (κ2) is 10.6. The van der Waals surface area contributed by atoms with E-state index in [9.17, 15) is 8.42 Å². The third kappa shape index (κ3) is 4.34. The van der Waals surface area contributed by atoms with Gasteiger partial charge in [-0.05, 0) is 12.1 Å². The molecule has 0 saturated heterocycles. The number of rotatable bonds is 3. The van der Waals surface area contributed by atoms with Crippen LogP contribution in [0.3, 0.4) is 0 Å². The fraction of sp³-hybridized carbons (Fsp3) is 0. The van der Waals surface area contributed by atoms with E-state index in [4.69, 9.17) is 19.2 Å². The van der Waals surface area contributed by atoms with Gasteiger partial charge in [0.2, 0.25) is 0 Å². The third-order valence-electron chi connectivity index (χ3n) is 9.06. The molecular weight excluding hydrogens is 647 g/mol. The van der Waals surface area contributed by atoms with Gasteiger partial charge in [0.15, 0.2) is 4.91 Å². The maximum absolute atomic E-state index is 14.7. The number of hydrogen-bond donors (Lipinski definition) is 4. The predicted octanol–water partition coefficient (Wildman–Crippen LogP) is 6.34. The fourth-order valence-corrected chi connectivity index (χ4v) is 8.12. The van der Waals surface area contributed by atoms with Crippen LogP contribution in [0.15, 0.2) is 142 Å². The highest BCUT2D eigenvalue weighted by molar-refractivity contribution is 7.96. The zero-order valence-corrected chi connectivity index (χ0v) is 26.9. The lowest BCUT2D eigenvalue weighted by molar-refractivity contribution is 0.498. The number of fused-ring (bicyclic) bond motifs is 20. The Hall–Kier alpha value is -6.72. The van der Waals surface area contributed by atoms with Gasteiger partial charge in [0.25, 0.3) is 0 Å². The quantitative estimate of drug-likeness (QED) is 0.163. The zero-order valence-electron chi connectivity index (χ0n) is 26.1. The van der Waals surface area contributed by atoms with E-state index in [-0.39, 0.29) is 10.7 Å². The molecule has 1 aliphatic rings. The highest BCUT2D eigenvalue weighted by Crippen LogP contribution is 2.36. The van der Waals surface area contributed by atoms with Gasteiger partial charge in [-0.1, -0.05) is 115 Å². The van der Waals surface area contributed by atoms with Gasteiger partial charge in [0.1, 0.15) is 39.7 Å². The number of hydrogen-bond acceptors (Lipinski definition) is 6. The Balaban J connectivity index is 1.43. The van der Waals surface area contributed by atoms with Crippen molar-refractivity contribution in [3.05, 3.63) is 155 Å². The van der Waals surface area contributed by atoms with Gasteiger partial charge in [-0.2, -0.15) is 8.42 Å². The molecule has 4 aromatic heterocycles. The summed E-state index contributed by atoms with van der Waals surface area (Å²) in [5, 5.41) is 6.60. The highest BCUT2D eigenvalue weighted by Gasteiger charge is 2.29. The first-order valence-corrected chi connectivity index (χ1v) is 17.4. The van der Waals surface area contributed by atoms with Crippen LogP contribution in [0.25, 0.3) is 48.0 Å². The molecule has 5 aromatic carbocycles. The van der Waals surface area contributed by atoms with Crippen molar-refractivity contribution in [3.63, 3.8) is 0 Å². The van der Waals surface area contributed by atoms with Crippen LogP contribution < -0.4 is 26.0 Å². The molecule has 0 radical (unpaired) electrons. The smallest absolute Gasteiger partial charge is 0.343 e. The average Bonchev–Trinajstić information content (AvgIpc) is 3.88. The van der Waals surface area contributed by atoms with Gasteiger partial charge in [-0.15, -0.1) is 0 Å². The normalized spacial score (nSPS) is 13.0. The van der Waals surface area contributed by atoms with Crippen molar-refractivity contribution >= 4 is 75.6 Å². The minimum absolute atomic E-state index is 0.0761. The number of nitrogens with zero attached hydrogens (tertiary/aromatic N) is 3. The van der Waals surface area contributed by atoms with Gasteiger partial charge < -0.3 is 24.1 Å². The second-order valence-corrected chi connectivity index (χ2v) is 13.5. The first kappa shape index (κ1) is 28.3. The van der Waals surface area contributed by atoms with Crippen molar-refractivity contribution in [1.82, 2.24) is 19.9 Å². The summed E-state index contributed by atoms with van der Waals surface area (Å²) >= 11 is 0. The maximum atomic E-state index is 14.7. The second-order valence-electron chi connectivity index (χ2n) is 12.0. The van der Waals surface area contributed by atoms with Crippen LogP contribution in [0, 0.1) is 0 Å². The fourth-order valence-electron chi connectivity index (χ4n) is 6.85. The van der Waals surface area contributed by atoms with E-state index in [1.54, 1.807) is 30.3 Å². The van der Waals surface area contributed by atoms with Gasteiger partial charge in [-0.3, -0.25) is 0 Å². The van der Waals surface area contributed by atoms with E-state index >= 15 is 0 Å². The molecular formula is C39H25N7O3S. The number of para-hydroxylation sites is 1. The summed E-state index contributed by atoms with van der Waals surface area (Å²) < 4.78 is 35.2. The molecule has 11 heteroatoms. The van der Waals surface area contributed by atoms with Crippen LogP contribution >= 0.6 is 0 Å². The summed E-state index contributed by atoms with van der Waals surface area (Å²) in [4.78, 5) is 28.9. The number of benzene rings is 5. The van der Waals surface area contributed by atoms with E-state index < -0.39 is 10.1 Å². The van der Waals surface area contributed by atoms with Gasteiger partial charge in [0.05, 0.1) is 11.0 Å². The van der Waals surface area contributed by atoms with Crippen molar-refractivity contribution in [1.29, 1.82) is 0 Å². The SMILES string of the molecule is O=S(=O)(Oc1ccccc1)C1=c2[nH]c(c3ccccc23)=Nc2[nH]c(c3ccccc23)N=c2[nH]c(c3ccccc23)=Nc2[nH]c1c1ccccc21. The lowest BCUT2D eigenvalue weighted by Crippen LogP contribution is -2.23.